The van der Waals surface area contributed by atoms with Crippen molar-refractivity contribution in [1.82, 2.24) is 10.2 Å². The number of hydrogen-bond donors (Lipinski definition) is 1. The van der Waals surface area contributed by atoms with E-state index in [1.54, 1.807) is 11.1 Å². The fourth-order valence-electron chi connectivity index (χ4n) is 4.19. The highest BCUT2D eigenvalue weighted by Gasteiger charge is 2.33. The van der Waals surface area contributed by atoms with E-state index in [2.05, 4.69) is 55.3 Å². The van der Waals surface area contributed by atoms with E-state index in [9.17, 15) is 0 Å². The van der Waals surface area contributed by atoms with Crippen LogP contribution in [0.3, 0.4) is 0 Å². The summed E-state index contributed by atoms with van der Waals surface area (Å²) < 4.78 is 0. The zero-order valence-corrected chi connectivity index (χ0v) is 13.8. The number of aryl methyl sites for hydroxylation is 1. The number of nitrogens with zero attached hydrogens (tertiary/aromatic N) is 1. The normalized spacial score (nSPS) is 30.4. The van der Waals surface area contributed by atoms with E-state index in [-0.39, 0.29) is 0 Å². The fraction of sp³-hybridized carbons (Fsp3) is 0.684. The van der Waals surface area contributed by atoms with Gasteiger partial charge in [0.1, 0.15) is 0 Å². The molecule has 0 aromatic heterocycles. The summed E-state index contributed by atoms with van der Waals surface area (Å²) >= 11 is 0. The molecule has 1 fully saturated rings. The second kappa shape index (κ2) is 6.50. The van der Waals surface area contributed by atoms with Crippen LogP contribution >= 0.6 is 0 Å². The third kappa shape index (κ3) is 3.32. The van der Waals surface area contributed by atoms with Crippen molar-refractivity contribution in [3.8, 4) is 0 Å². The van der Waals surface area contributed by atoms with Gasteiger partial charge in [-0.15, -0.1) is 0 Å². The van der Waals surface area contributed by atoms with Gasteiger partial charge in [0.15, 0.2) is 0 Å². The van der Waals surface area contributed by atoms with Crippen molar-refractivity contribution in [3.05, 3.63) is 35.4 Å². The van der Waals surface area contributed by atoms with Crippen molar-refractivity contribution < 1.29 is 0 Å². The molecule has 0 saturated carbocycles. The lowest BCUT2D eigenvalue weighted by atomic mass is 9.85. The molecule has 1 heterocycles. The first-order valence-electron chi connectivity index (χ1n) is 8.72. The Balaban J connectivity index is 1.79. The van der Waals surface area contributed by atoms with Crippen LogP contribution in [0.2, 0.25) is 0 Å². The summed E-state index contributed by atoms with van der Waals surface area (Å²) in [5.41, 5.74) is 3.18. The molecular weight excluding hydrogens is 256 g/mol. The zero-order chi connectivity index (χ0) is 14.8. The molecule has 2 heteroatoms. The lowest BCUT2D eigenvalue weighted by Gasteiger charge is -2.45. The third-order valence-electron chi connectivity index (χ3n) is 5.19. The highest BCUT2D eigenvalue weighted by atomic mass is 15.3. The highest BCUT2D eigenvalue weighted by molar-refractivity contribution is 5.32. The topological polar surface area (TPSA) is 15.3 Å². The van der Waals surface area contributed by atoms with Gasteiger partial charge < -0.3 is 5.32 Å². The van der Waals surface area contributed by atoms with Crippen LogP contribution in [0.5, 0.6) is 0 Å². The average molecular weight is 286 g/mol. The molecule has 0 spiro atoms. The van der Waals surface area contributed by atoms with Gasteiger partial charge in [-0.25, -0.2) is 0 Å². The molecule has 1 aliphatic carbocycles. The van der Waals surface area contributed by atoms with E-state index >= 15 is 0 Å². The molecule has 0 bridgehead atoms. The van der Waals surface area contributed by atoms with Crippen molar-refractivity contribution in [2.24, 2.45) is 5.92 Å². The summed E-state index contributed by atoms with van der Waals surface area (Å²) in [7, 11) is 0. The van der Waals surface area contributed by atoms with Crippen LogP contribution < -0.4 is 5.32 Å². The number of rotatable bonds is 3. The van der Waals surface area contributed by atoms with E-state index < -0.39 is 0 Å². The van der Waals surface area contributed by atoms with Crippen molar-refractivity contribution in [2.45, 2.75) is 64.6 Å². The zero-order valence-electron chi connectivity index (χ0n) is 13.8. The molecule has 1 aliphatic heterocycles. The lowest BCUT2D eigenvalue weighted by Crippen LogP contribution is -2.56. The van der Waals surface area contributed by atoms with Gasteiger partial charge in [0.05, 0.1) is 0 Å². The summed E-state index contributed by atoms with van der Waals surface area (Å²) in [6.07, 6.45) is 5.23. The molecule has 1 saturated heterocycles. The molecule has 1 aromatic rings. The van der Waals surface area contributed by atoms with Crippen LogP contribution in [0.1, 0.15) is 57.2 Å². The largest absolute Gasteiger partial charge is 0.311 e. The van der Waals surface area contributed by atoms with Crippen LogP contribution in [-0.2, 0) is 6.42 Å². The van der Waals surface area contributed by atoms with Crippen molar-refractivity contribution in [2.75, 3.05) is 13.1 Å². The van der Waals surface area contributed by atoms with Crippen LogP contribution in [0.4, 0.5) is 0 Å². The van der Waals surface area contributed by atoms with Gasteiger partial charge >= 0.3 is 0 Å². The molecule has 116 valence electrons. The molecule has 0 amide bonds. The molecule has 3 rings (SSSR count). The van der Waals surface area contributed by atoms with Crippen molar-refractivity contribution in [1.29, 1.82) is 0 Å². The van der Waals surface area contributed by atoms with Gasteiger partial charge in [-0.05, 0) is 49.7 Å². The van der Waals surface area contributed by atoms with Gasteiger partial charge in [0.2, 0.25) is 0 Å². The van der Waals surface area contributed by atoms with E-state index in [4.69, 9.17) is 0 Å². The first-order chi connectivity index (χ1) is 10.1. The number of fused-ring (bicyclic) bond motifs is 1. The minimum Gasteiger partial charge on any atom is -0.311 e. The average Bonchev–Trinajstić information content (AvgIpc) is 2.48. The SMILES string of the molecule is CC(C)CC1CN(C2CCCc3ccccc32)C(C)CN1. The molecule has 0 radical (unpaired) electrons. The Hall–Kier alpha value is -0.860. The molecule has 3 atom stereocenters. The summed E-state index contributed by atoms with van der Waals surface area (Å²) in [5.74, 6) is 0.774. The highest BCUT2D eigenvalue weighted by Crippen LogP contribution is 2.36. The number of benzene rings is 1. The second-order valence-electron chi connectivity index (χ2n) is 7.39. The van der Waals surface area contributed by atoms with Crippen LogP contribution in [0, 0.1) is 5.92 Å². The maximum Gasteiger partial charge on any atom is 0.0354 e. The lowest BCUT2D eigenvalue weighted by molar-refractivity contribution is 0.0754. The smallest absolute Gasteiger partial charge is 0.0354 e. The van der Waals surface area contributed by atoms with Crippen LogP contribution in [0.25, 0.3) is 0 Å². The predicted molar refractivity (Wildman–Crippen MR) is 89.5 cm³/mol. The molecule has 21 heavy (non-hydrogen) atoms. The van der Waals surface area contributed by atoms with E-state index in [0.717, 1.165) is 12.5 Å². The Morgan fingerprint density at radius 1 is 1.29 bits per heavy atom. The van der Waals surface area contributed by atoms with Crippen molar-refractivity contribution in [3.63, 3.8) is 0 Å². The van der Waals surface area contributed by atoms with Crippen LogP contribution in [-0.4, -0.2) is 30.1 Å². The summed E-state index contributed by atoms with van der Waals surface area (Å²) in [4.78, 5) is 2.78. The Kier molecular flexibility index (Phi) is 4.66. The Morgan fingerprint density at radius 2 is 2.10 bits per heavy atom. The number of nitrogens with one attached hydrogen (secondary N) is 1. The second-order valence-corrected chi connectivity index (χ2v) is 7.39. The summed E-state index contributed by atoms with van der Waals surface area (Å²) in [6, 6.07) is 11.1. The summed E-state index contributed by atoms with van der Waals surface area (Å²) in [6.45, 7) is 9.39. The Bertz CT molecular complexity index is 468. The number of piperazine rings is 1. The minimum atomic E-state index is 0.640. The predicted octanol–water partition coefficient (Wildman–Crippen LogP) is 3.77. The van der Waals surface area contributed by atoms with Crippen LogP contribution in [0.15, 0.2) is 24.3 Å². The van der Waals surface area contributed by atoms with Gasteiger partial charge in [-0.2, -0.15) is 0 Å². The minimum absolute atomic E-state index is 0.640. The molecule has 2 nitrogen and oxygen atoms in total. The molecule has 1 aromatic carbocycles. The van der Waals surface area contributed by atoms with Crippen molar-refractivity contribution >= 4 is 0 Å². The van der Waals surface area contributed by atoms with E-state index in [1.165, 1.54) is 32.2 Å². The molecular formula is C19H30N2. The molecule has 2 aliphatic rings. The van der Waals surface area contributed by atoms with E-state index in [1.807, 2.05) is 0 Å². The standard InChI is InChI=1S/C19H30N2/c1-14(2)11-17-13-21(15(3)12-20-17)19-10-6-8-16-7-4-5-9-18(16)19/h4-5,7,9,14-15,17,19-20H,6,8,10-13H2,1-3H3. The quantitative estimate of drug-likeness (QED) is 0.910. The van der Waals surface area contributed by atoms with Gasteiger partial charge in [-0.3, -0.25) is 4.90 Å². The Labute approximate surface area is 129 Å². The first-order valence-corrected chi connectivity index (χ1v) is 8.72. The maximum absolute atomic E-state index is 3.75. The number of hydrogen-bond acceptors (Lipinski definition) is 2. The van der Waals surface area contributed by atoms with Gasteiger partial charge in [0.25, 0.3) is 0 Å². The van der Waals surface area contributed by atoms with E-state index in [0.29, 0.717) is 18.1 Å². The van der Waals surface area contributed by atoms with Gasteiger partial charge in [-0.1, -0.05) is 38.1 Å². The molecule has 1 N–H and O–H groups in total. The molecule has 3 unspecified atom stereocenters. The summed E-state index contributed by atoms with van der Waals surface area (Å²) in [5, 5.41) is 3.75. The van der Waals surface area contributed by atoms with Gasteiger partial charge in [0, 0.05) is 31.2 Å². The fourth-order valence-corrected chi connectivity index (χ4v) is 4.19. The third-order valence-corrected chi connectivity index (χ3v) is 5.19. The maximum atomic E-state index is 3.75. The Morgan fingerprint density at radius 3 is 2.90 bits per heavy atom. The monoisotopic (exact) mass is 286 g/mol. The first kappa shape index (κ1) is 15.1.